The molecule has 5 rings (SSSR count). The van der Waals surface area contributed by atoms with Crippen molar-refractivity contribution in [1.82, 2.24) is 24.5 Å². The molecule has 1 fully saturated rings. The molecule has 0 radical (unpaired) electrons. The highest BCUT2D eigenvalue weighted by Gasteiger charge is 2.27. The van der Waals surface area contributed by atoms with Crippen LogP contribution in [0, 0.1) is 0 Å². The third-order valence-electron chi connectivity index (χ3n) is 4.86. The lowest BCUT2D eigenvalue weighted by Crippen LogP contribution is -2.13. The molecular formula is C20H18N6O. The van der Waals surface area contributed by atoms with E-state index in [0.29, 0.717) is 11.5 Å². The molecule has 1 aromatic carbocycles. The van der Waals surface area contributed by atoms with Crippen LogP contribution in [0.1, 0.15) is 34.8 Å². The monoisotopic (exact) mass is 358 g/mol. The largest absolute Gasteiger partial charge is 0.322 e. The number of hydrogen-bond donors (Lipinski definition) is 1. The number of nitrogens with one attached hydrogen (secondary N) is 1. The minimum atomic E-state index is -0.149. The van der Waals surface area contributed by atoms with E-state index in [9.17, 15) is 4.79 Å². The van der Waals surface area contributed by atoms with Crippen LogP contribution in [0.15, 0.2) is 55.0 Å². The minimum Gasteiger partial charge on any atom is -0.322 e. The Bertz CT molecular complexity index is 1120. The third-order valence-corrected chi connectivity index (χ3v) is 4.86. The van der Waals surface area contributed by atoms with Crippen LogP contribution in [-0.4, -0.2) is 30.5 Å². The maximum absolute atomic E-state index is 13.0. The van der Waals surface area contributed by atoms with Crippen LogP contribution in [0.3, 0.4) is 0 Å². The van der Waals surface area contributed by atoms with Crippen molar-refractivity contribution in [2.45, 2.75) is 18.8 Å². The van der Waals surface area contributed by atoms with Gasteiger partial charge in [-0.25, -0.2) is 9.67 Å². The molecular weight excluding hydrogens is 340 g/mol. The quantitative estimate of drug-likeness (QED) is 0.607. The Labute approximate surface area is 155 Å². The van der Waals surface area contributed by atoms with Crippen LogP contribution in [0.25, 0.3) is 16.7 Å². The number of pyridine rings is 1. The van der Waals surface area contributed by atoms with Gasteiger partial charge >= 0.3 is 0 Å². The van der Waals surface area contributed by atoms with Crippen molar-refractivity contribution in [1.29, 1.82) is 0 Å². The molecule has 0 unspecified atom stereocenters. The van der Waals surface area contributed by atoms with E-state index in [2.05, 4.69) is 15.5 Å². The highest BCUT2D eigenvalue weighted by molar-refractivity contribution is 6.12. The molecule has 1 aliphatic carbocycles. The molecule has 134 valence electrons. The van der Waals surface area contributed by atoms with E-state index in [1.54, 1.807) is 21.8 Å². The molecule has 1 aliphatic rings. The summed E-state index contributed by atoms with van der Waals surface area (Å²) in [5.74, 6) is 0.313. The fraction of sp³-hybridized carbons (Fsp3) is 0.200. The van der Waals surface area contributed by atoms with Gasteiger partial charge < -0.3 is 5.32 Å². The first-order chi connectivity index (χ1) is 13.2. The SMILES string of the molecule is Cn1ncc2c(C(=O)Nc3ccc(-n4cccn4)cc3)cc(C3CC3)nc21. The average molecular weight is 358 g/mol. The van der Waals surface area contributed by atoms with Crippen LogP contribution in [0.4, 0.5) is 5.69 Å². The zero-order chi connectivity index (χ0) is 18.4. The molecule has 7 heteroatoms. The summed E-state index contributed by atoms with van der Waals surface area (Å²) in [6, 6.07) is 11.4. The predicted molar refractivity (Wildman–Crippen MR) is 102 cm³/mol. The molecule has 0 bridgehead atoms. The summed E-state index contributed by atoms with van der Waals surface area (Å²) in [7, 11) is 1.85. The summed E-state index contributed by atoms with van der Waals surface area (Å²) >= 11 is 0. The normalized spacial score (nSPS) is 13.8. The highest BCUT2D eigenvalue weighted by Crippen LogP contribution is 2.40. The molecule has 4 aromatic rings. The second-order valence-electron chi connectivity index (χ2n) is 6.83. The lowest BCUT2D eigenvalue weighted by molar-refractivity contribution is 0.102. The molecule has 0 atom stereocenters. The van der Waals surface area contributed by atoms with E-state index in [1.807, 2.05) is 49.6 Å². The van der Waals surface area contributed by atoms with Crippen molar-refractivity contribution in [2.24, 2.45) is 7.05 Å². The second-order valence-corrected chi connectivity index (χ2v) is 6.83. The Hall–Kier alpha value is -3.48. The fourth-order valence-corrected chi connectivity index (χ4v) is 3.23. The van der Waals surface area contributed by atoms with Gasteiger partial charge in [-0.05, 0) is 49.2 Å². The Balaban J connectivity index is 1.45. The van der Waals surface area contributed by atoms with Gasteiger partial charge in [-0.15, -0.1) is 0 Å². The van der Waals surface area contributed by atoms with Gasteiger partial charge in [-0.3, -0.25) is 9.48 Å². The van der Waals surface area contributed by atoms with Gasteiger partial charge in [0.25, 0.3) is 5.91 Å². The van der Waals surface area contributed by atoms with E-state index in [1.165, 1.54) is 0 Å². The van der Waals surface area contributed by atoms with Crippen molar-refractivity contribution < 1.29 is 4.79 Å². The van der Waals surface area contributed by atoms with E-state index in [-0.39, 0.29) is 5.91 Å². The standard InChI is InChI=1S/C20H18N6O/c1-25-19-17(12-22-25)16(11-18(24-19)13-3-4-13)20(27)23-14-5-7-15(8-6-14)26-10-2-9-21-26/h2,5-13H,3-4H2,1H3,(H,23,27). The Morgan fingerprint density at radius 3 is 2.70 bits per heavy atom. The summed E-state index contributed by atoms with van der Waals surface area (Å²) in [5.41, 5.74) is 4.01. The first kappa shape index (κ1) is 15.7. The number of anilines is 1. The number of carbonyl (C=O) groups excluding carboxylic acids is 1. The van der Waals surface area contributed by atoms with Crippen molar-refractivity contribution in [2.75, 3.05) is 5.32 Å². The van der Waals surface area contributed by atoms with Crippen molar-refractivity contribution in [3.63, 3.8) is 0 Å². The summed E-state index contributed by atoms with van der Waals surface area (Å²) in [4.78, 5) is 17.7. The molecule has 3 aromatic heterocycles. The van der Waals surface area contributed by atoms with E-state index < -0.39 is 0 Å². The Morgan fingerprint density at radius 1 is 1.19 bits per heavy atom. The smallest absolute Gasteiger partial charge is 0.256 e. The topological polar surface area (TPSA) is 77.6 Å². The number of aryl methyl sites for hydroxylation is 1. The lowest BCUT2D eigenvalue weighted by atomic mass is 10.1. The number of nitrogens with zero attached hydrogens (tertiary/aromatic N) is 5. The zero-order valence-corrected chi connectivity index (χ0v) is 14.8. The third kappa shape index (κ3) is 2.87. The molecule has 0 spiro atoms. The summed E-state index contributed by atoms with van der Waals surface area (Å²) in [6.07, 6.45) is 7.58. The predicted octanol–water partition coefficient (Wildman–Crippen LogP) is 3.28. The molecule has 0 saturated heterocycles. The van der Waals surface area contributed by atoms with Crippen LogP contribution in [0.5, 0.6) is 0 Å². The minimum absolute atomic E-state index is 0.149. The van der Waals surface area contributed by atoms with Crippen LogP contribution >= 0.6 is 0 Å². The van der Waals surface area contributed by atoms with Gasteiger partial charge in [0.05, 0.1) is 22.8 Å². The van der Waals surface area contributed by atoms with E-state index in [4.69, 9.17) is 4.98 Å². The first-order valence-corrected chi connectivity index (χ1v) is 8.93. The number of amides is 1. The van der Waals surface area contributed by atoms with Gasteiger partial charge in [0.2, 0.25) is 0 Å². The summed E-state index contributed by atoms with van der Waals surface area (Å²) in [6.45, 7) is 0. The summed E-state index contributed by atoms with van der Waals surface area (Å²) in [5, 5.41) is 12.2. The molecule has 0 aliphatic heterocycles. The Kier molecular flexibility index (Phi) is 3.53. The van der Waals surface area contributed by atoms with Gasteiger partial charge in [0.1, 0.15) is 0 Å². The van der Waals surface area contributed by atoms with Crippen LogP contribution in [-0.2, 0) is 7.05 Å². The Morgan fingerprint density at radius 2 is 2.00 bits per heavy atom. The summed E-state index contributed by atoms with van der Waals surface area (Å²) < 4.78 is 3.49. The van der Waals surface area contributed by atoms with Crippen molar-refractivity contribution in [3.05, 3.63) is 66.2 Å². The van der Waals surface area contributed by atoms with Crippen LogP contribution < -0.4 is 5.32 Å². The van der Waals surface area contributed by atoms with Gasteiger partial charge in [0.15, 0.2) is 5.65 Å². The number of fused-ring (bicyclic) bond motifs is 1. The van der Waals surface area contributed by atoms with Gasteiger partial charge in [-0.2, -0.15) is 10.2 Å². The number of carbonyl (C=O) groups is 1. The molecule has 1 saturated carbocycles. The molecule has 7 nitrogen and oxygen atoms in total. The highest BCUT2D eigenvalue weighted by atomic mass is 16.1. The fourth-order valence-electron chi connectivity index (χ4n) is 3.23. The number of hydrogen-bond acceptors (Lipinski definition) is 4. The molecule has 3 heterocycles. The number of benzene rings is 1. The maximum Gasteiger partial charge on any atom is 0.256 e. The first-order valence-electron chi connectivity index (χ1n) is 8.93. The maximum atomic E-state index is 13.0. The second kappa shape index (κ2) is 6.05. The van der Waals surface area contributed by atoms with Gasteiger partial charge in [-0.1, -0.05) is 0 Å². The van der Waals surface area contributed by atoms with Gasteiger partial charge in [0, 0.05) is 36.7 Å². The molecule has 1 amide bonds. The molecule has 27 heavy (non-hydrogen) atoms. The van der Waals surface area contributed by atoms with Crippen LogP contribution in [0.2, 0.25) is 0 Å². The number of aromatic nitrogens is 5. The lowest BCUT2D eigenvalue weighted by Gasteiger charge is -2.09. The van der Waals surface area contributed by atoms with Crippen molar-refractivity contribution >= 4 is 22.6 Å². The number of rotatable bonds is 4. The average Bonchev–Trinajstić information content (AvgIpc) is 3.26. The van der Waals surface area contributed by atoms with E-state index >= 15 is 0 Å². The van der Waals surface area contributed by atoms with E-state index in [0.717, 1.165) is 40.9 Å². The zero-order valence-electron chi connectivity index (χ0n) is 14.8. The molecule has 1 N–H and O–H groups in total. The van der Waals surface area contributed by atoms with Crippen molar-refractivity contribution in [3.8, 4) is 5.69 Å².